The number of hydrogen-bond donors (Lipinski definition) is 0. The van der Waals surface area contributed by atoms with Crippen molar-refractivity contribution in [2.75, 3.05) is 6.67 Å². The van der Waals surface area contributed by atoms with Crippen molar-refractivity contribution < 1.29 is 9.15 Å². The minimum Gasteiger partial charge on any atom is -0.130 e. The molecule has 2 aromatic carbocycles. The molecule has 1 heterocycles. The molecule has 0 aromatic heterocycles. The molecule has 0 aliphatic carbocycles. The molecule has 0 N–H and O–H groups in total. The van der Waals surface area contributed by atoms with E-state index in [1.54, 1.807) is 0 Å². The van der Waals surface area contributed by atoms with Gasteiger partial charge in [-0.3, -0.25) is 0 Å². The third-order valence-electron chi connectivity index (χ3n) is 7.24. The summed E-state index contributed by atoms with van der Waals surface area (Å²) in [5, 5.41) is 0. The molecule has 0 amide bonds. The molecule has 34 heavy (non-hydrogen) atoms. The first kappa shape index (κ1) is 26.1. The molecule has 2 nitrogen and oxygen atoms in total. The molecule has 1 aliphatic heterocycles. The van der Waals surface area contributed by atoms with Crippen LogP contribution in [0.4, 0.5) is 11.4 Å². The molecular formula is C32H46N2+2. The van der Waals surface area contributed by atoms with E-state index in [0.717, 1.165) is 19.5 Å². The van der Waals surface area contributed by atoms with Crippen LogP contribution in [0.2, 0.25) is 0 Å². The second kappa shape index (κ2) is 10.8. The van der Waals surface area contributed by atoms with Crippen LogP contribution in [0.5, 0.6) is 0 Å². The highest BCUT2D eigenvalue weighted by Crippen LogP contribution is 2.39. The number of rotatable bonds is 9. The van der Waals surface area contributed by atoms with Gasteiger partial charge in [0.15, 0.2) is 0 Å². The molecule has 0 bridgehead atoms. The molecule has 182 valence electrons. The Morgan fingerprint density at radius 2 is 1.09 bits per heavy atom. The van der Waals surface area contributed by atoms with Crippen molar-refractivity contribution in [1.82, 2.24) is 0 Å². The maximum absolute atomic E-state index is 4.03. The van der Waals surface area contributed by atoms with Crippen molar-refractivity contribution >= 4 is 22.8 Å². The monoisotopic (exact) mass is 458 g/mol. The third-order valence-corrected chi connectivity index (χ3v) is 7.24. The van der Waals surface area contributed by atoms with E-state index < -0.39 is 0 Å². The second-order valence-corrected chi connectivity index (χ2v) is 11.0. The minimum atomic E-state index is 0.470. The summed E-state index contributed by atoms with van der Waals surface area (Å²) in [4.78, 5) is 0. The van der Waals surface area contributed by atoms with Crippen LogP contribution in [-0.2, 0) is 0 Å². The Labute approximate surface area is 208 Å². The van der Waals surface area contributed by atoms with Gasteiger partial charge in [-0.15, -0.1) is 15.7 Å². The van der Waals surface area contributed by atoms with Gasteiger partial charge >= 0.3 is 6.67 Å². The number of benzene rings is 2. The van der Waals surface area contributed by atoms with Gasteiger partial charge in [0, 0.05) is 35.6 Å². The number of allylic oxidation sites excluding steroid dienone is 1. The lowest BCUT2D eigenvalue weighted by atomic mass is 9.92. The number of para-hydroxylation sites is 2. The van der Waals surface area contributed by atoms with Crippen molar-refractivity contribution in [1.29, 1.82) is 0 Å². The molecule has 0 radical (unpaired) electrons. The molecule has 2 heteroatoms. The molecule has 0 saturated carbocycles. The zero-order valence-corrected chi connectivity index (χ0v) is 23.1. The maximum atomic E-state index is 4.03. The van der Waals surface area contributed by atoms with Crippen LogP contribution in [-0.4, -0.2) is 27.2 Å². The van der Waals surface area contributed by atoms with E-state index in [9.17, 15) is 0 Å². The fourth-order valence-electron chi connectivity index (χ4n) is 5.33. The van der Waals surface area contributed by atoms with Crippen LogP contribution in [0, 0.1) is 0 Å². The highest BCUT2D eigenvalue weighted by Gasteiger charge is 2.42. The van der Waals surface area contributed by atoms with Crippen LogP contribution in [0.15, 0.2) is 49.1 Å². The lowest BCUT2D eigenvalue weighted by Crippen LogP contribution is -2.19. The predicted octanol–water partition coefficient (Wildman–Crippen LogP) is 9.01. The first-order valence-corrected chi connectivity index (χ1v) is 13.2. The van der Waals surface area contributed by atoms with Crippen LogP contribution in [0.3, 0.4) is 0 Å². The number of hydrogen-bond acceptors (Lipinski definition) is 0. The summed E-state index contributed by atoms with van der Waals surface area (Å²) >= 11 is 0. The molecule has 3 rings (SSSR count). The topological polar surface area (TPSA) is 6.02 Å². The van der Waals surface area contributed by atoms with E-state index >= 15 is 0 Å². The van der Waals surface area contributed by atoms with Crippen LogP contribution in [0.25, 0.3) is 0 Å². The SMILES string of the molecule is C=CCCC1=[N+](c2c(C(C)C)cccc2C(C)C)C[N+](c2c(C(C)C)cccc2C(C)C)=C1C. The molecule has 0 unspecified atom stereocenters. The molecule has 0 saturated heterocycles. The number of nitrogens with zero attached hydrogens (tertiary/aromatic N) is 2. The van der Waals surface area contributed by atoms with Crippen molar-refractivity contribution in [3.63, 3.8) is 0 Å². The van der Waals surface area contributed by atoms with E-state index in [4.69, 9.17) is 0 Å². The predicted molar refractivity (Wildman–Crippen MR) is 149 cm³/mol. The van der Waals surface area contributed by atoms with E-state index in [0.29, 0.717) is 23.7 Å². The normalized spacial score (nSPS) is 14.5. The zero-order chi connectivity index (χ0) is 25.2. The average Bonchev–Trinajstić information content (AvgIpc) is 3.11. The Bertz CT molecular complexity index is 1060. The summed E-state index contributed by atoms with van der Waals surface area (Å²) in [5.74, 6) is 1.89. The summed E-state index contributed by atoms with van der Waals surface area (Å²) in [7, 11) is 0. The summed E-state index contributed by atoms with van der Waals surface area (Å²) in [6.45, 7) is 25.8. The van der Waals surface area contributed by atoms with Gasteiger partial charge < -0.3 is 0 Å². The van der Waals surface area contributed by atoms with Gasteiger partial charge in [0.25, 0.3) is 11.4 Å². The second-order valence-electron chi connectivity index (χ2n) is 11.0. The molecule has 0 spiro atoms. The molecular weight excluding hydrogens is 412 g/mol. The lowest BCUT2D eigenvalue weighted by Gasteiger charge is -2.17. The van der Waals surface area contributed by atoms with Gasteiger partial charge in [-0.25, -0.2) is 0 Å². The zero-order valence-electron chi connectivity index (χ0n) is 23.1. The van der Waals surface area contributed by atoms with Gasteiger partial charge in [0.2, 0.25) is 11.4 Å². The molecule has 2 aromatic rings. The smallest absolute Gasteiger partial charge is 0.130 e. The Kier molecular flexibility index (Phi) is 8.34. The van der Waals surface area contributed by atoms with E-state index in [-0.39, 0.29) is 0 Å². The molecule has 0 atom stereocenters. The Hall–Kier alpha value is -2.48. The highest BCUT2D eigenvalue weighted by atomic mass is 15.3. The third kappa shape index (κ3) is 4.97. The highest BCUT2D eigenvalue weighted by molar-refractivity contribution is 6.38. The summed E-state index contributed by atoms with van der Waals surface area (Å²) in [5.41, 5.74) is 11.4. The Morgan fingerprint density at radius 3 is 1.44 bits per heavy atom. The molecule has 0 fully saturated rings. The molecule has 1 aliphatic rings. The summed E-state index contributed by atoms with van der Waals surface area (Å²) in [6, 6.07) is 13.8. The first-order valence-electron chi connectivity index (χ1n) is 13.2. The Morgan fingerprint density at radius 1 is 0.706 bits per heavy atom. The van der Waals surface area contributed by atoms with Crippen LogP contribution < -0.4 is 0 Å². The standard InChI is InChI=1S/C32H46N2/c1-11-12-19-30-25(10)33(31-26(21(2)3)15-13-16-27(31)22(4)5)20-34(30)32-28(23(6)7)17-14-18-29(32)24(8)9/h11,13-18,21-24H,1,12,19-20H2,2-10H3/q+2. The summed E-state index contributed by atoms with van der Waals surface area (Å²) in [6.07, 6.45) is 4.05. The fraction of sp³-hybridized carbons (Fsp3) is 0.500. The largest absolute Gasteiger partial charge is 0.345 e. The lowest BCUT2D eigenvalue weighted by molar-refractivity contribution is -0.638. The Balaban J connectivity index is 2.31. The average molecular weight is 459 g/mol. The van der Waals surface area contributed by atoms with E-state index in [1.165, 1.54) is 45.1 Å². The summed E-state index contributed by atoms with van der Waals surface area (Å²) < 4.78 is 5.23. The fourth-order valence-corrected chi connectivity index (χ4v) is 5.33. The van der Waals surface area contributed by atoms with Gasteiger partial charge in [-0.2, -0.15) is 0 Å². The van der Waals surface area contributed by atoms with Crippen molar-refractivity contribution in [3.05, 3.63) is 71.3 Å². The van der Waals surface area contributed by atoms with Gasteiger partial charge in [0.1, 0.15) is 0 Å². The van der Waals surface area contributed by atoms with Gasteiger partial charge in [-0.05, 0) is 30.1 Å². The van der Waals surface area contributed by atoms with Crippen LogP contribution >= 0.6 is 0 Å². The quantitative estimate of drug-likeness (QED) is 0.261. The van der Waals surface area contributed by atoms with Gasteiger partial charge in [-0.1, -0.05) is 97.9 Å². The van der Waals surface area contributed by atoms with Crippen molar-refractivity contribution in [2.24, 2.45) is 0 Å². The van der Waals surface area contributed by atoms with E-state index in [1.807, 2.05) is 0 Å². The van der Waals surface area contributed by atoms with Gasteiger partial charge in [0.05, 0.1) is 0 Å². The van der Waals surface area contributed by atoms with Crippen molar-refractivity contribution in [2.45, 2.75) is 98.8 Å². The maximum Gasteiger partial charge on any atom is 0.345 e. The van der Waals surface area contributed by atoms with Crippen molar-refractivity contribution in [3.8, 4) is 0 Å². The minimum absolute atomic E-state index is 0.470. The van der Waals surface area contributed by atoms with E-state index in [2.05, 4.69) is 121 Å². The van der Waals surface area contributed by atoms with Crippen LogP contribution in [0.1, 0.15) is 121 Å². The first-order chi connectivity index (χ1) is 16.1.